The Morgan fingerprint density at radius 1 is 0.778 bits per heavy atom. The van der Waals surface area contributed by atoms with Gasteiger partial charge in [-0.2, -0.15) is 0 Å². The fraction of sp³-hybridized carbons (Fsp3) is 0. The number of rotatable bonds is 2. The molecule has 1 heterocycles. The van der Waals surface area contributed by atoms with Crippen LogP contribution in [0.25, 0.3) is 22.8 Å². The van der Waals surface area contributed by atoms with Crippen LogP contribution in [-0.2, 0) is 0 Å². The molecule has 0 unspecified atom stereocenters. The standard InChI is InChI=1S/C15H10O3/c16-14-13(11-7-3-1-4-8-11)17-15(18-14)12-9-5-2-6-10-12/h1-10H/p+1. The third-order valence-corrected chi connectivity index (χ3v) is 2.62. The first-order valence-electron chi connectivity index (χ1n) is 5.61. The highest BCUT2D eigenvalue weighted by Gasteiger charge is 2.27. The molecule has 2 aromatic carbocycles. The number of hydrogen-bond acceptors (Lipinski definition) is 2. The minimum atomic E-state index is -0.208. The summed E-state index contributed by atoms with van der Waals surface area (Å²) >= 11 is 0. The molecule has 18 heavy (non-hydrogen) atoms. The van der Waals surface area contributed by atoms with Gasteiger partial charge in [0.15, 0.2) is 0 Å². The normalized spacial score (nSPS) is 10.4. The summed E-state index contributed by atoms with van der Waals surface area (Å²) in [6.07, 6.45) is 0. The number of aromatic hydroxyl groups is 1. The molecule has 3 heteroatoms. The monoisotopic (exact) mass is 239 g/mol. The van der Waals surface area contributed by atoms with Gasteiger partial charge in [-0.15, -0.1) is 0 Å². The van der Waals surface area contributed by atoms with Crippen molar-refractivity contribution in [1.82, 2.24) is 0 Å². The fourth-order valence-electron chi connectivity index (χ4n) is 1.76. The Bertz CT molecular complexity index is 642. The van der Waals surface area contributed by atoms with E-state index in [1.807, 2.05) is 60.7 Å². The largest absolute Gasteiger partial charge is 0.509 e. The molecule has 0 saturated carbocycles. The van der Waals surface area contributed by atoms with Gasteiger partial charge in [-0.1, -0.05) is 36.4 Å². The van der Waals surface area contributed by atoms with E-state index in [4.69, 9.17) is 8.83 Å². The van der Waals surface area contributed by atoms with Gasteiger partial charge >= 0.3 is 17.7 Å². The first kappa shape index (κ1) is 10.6. The highest BCUT2D eigenvalue weighted by atomic mass is 16.6. The Hall–Kier alpha value is -2.55. The van der Waals surface area contributed by atoms with E-state index in [1.165, 1.54) is 0 Å². The molecule has 3 rings (SSSR count). The summed E-state index contributed by atoms with van der Waals surface area (Å²) in [6, 6.07) is 18.7. The fourth-order valence-corrected chi connectivity index (χ4v) is 1.76. The summed E-state index contributed by atoms with van der Waals surface area (Å²) in [5.41, 5.74) is 1.57. The van der Waals surface area contributed by atoms with Crippen molar-refractivity contribution in [3.05, 3.63) is 60.7 Å². The lowest BCUT2D eigenvalue weighted by Crippen LogP contribution is -1.72. The van der Waals surface area contributed by atoms with Crippen molar-refractivity contribution < 1.29 is 13.9 Å². The van der Waals surface area contributed by atoms with Crippen LogP contribution in [0.5, 0.6) is 5.95 Å². The first-order chi connectivity index (χ1) is 8.84. The van der Waals surface area contributed by atoms with Gasteiger partial charge in [0.1, 0.15) is 0 Å². The molecule has 0 aliphatic carbocycles. The van der Waals surface area contributed by atoms with Gasteiger partial charge in [0.25, 0.3) is 0 Å². The van der Waals surface area contributed by atoms with Crippen LogP contribution in [0.15, 0.2) is 69.5 Å². The third-order valence-electron chi connectivity index (χ3n) is 2.62. The second-order valence-corrected chi connectivity index (χ2v) is 3.86. The average Bonchev–Trinajstić information content (AvgIpc) is 2.83. The van der Waals surface area contributed by atoms with E-state index in [2.05, 4.69) is 0 Å². The van der Waals surface area contributed by atoms with Crippen LogP contribution < -0.4 is 0 Å². The van der Waals surface area contributed by atoms with Crippen LogP contribution >= 0.6 is 0 Å². The maximum Gasteiger partial charge on any atom is 0.509 e. The second-order valence-electron chi connectivity index (χ2n) is 3.86. The summed E-state index contributed by atoms with van der Waals surface area (Å²) in [5, 5.41) is 9.79. The van der Waals surface area contributed by atoms with Crippen molar-refractivity contribution in [1.29, 1.82) is 0 Å². The Balaban J connectivity index is 2.07. The Morgan fingerprint density at radius 2 is 1.33 bits per heavy atom. The van der Waals surface area contributed by atoms with E-state index in [0.717, 1.165) is 11.1 Å². The zero-order valence-electron chi connectivity index (χ0n) is 9.54. The summed E-state index contributed by atoms with van der Waals surface area (Å²) < 4.78 is 10.8. The first-order valence-corrected chi connectivity index (χ1v) is 5.61. The predicted octanol–water partition coefficient (Wildman–Crippen LogP) is 4.19. The van der Waals surface area contributed by atoms with E-state index >= 15 is 0 Å². The maximum atomic E-state index is 9.79. The Kier molecular flexibility index (Phi) is 2.57. The summed E-state index contributed by atoms with van der Waals surface area (Å²) in [7, 11) is 0. The van der Waals surface area contributed by atoms with E-state index < -0.39 is 0 Å². The second kappa shape index (κ2) is 4.37. The lowest BCUT2D eigenvalue weighted by atomic mass is 10.2. The Morgan fingerprint density at radius 3 is 1.94 bits per heavy atom. The van der Waals surface area contributed by atoms with Gasteiger partial charge in [0, 0.05) is 5.56 Å². The van der Waals surface area contributed by atoms with Gasteiger partial charge in [-0.3, -0.25) is 4.42 Å². The van der Waals surface area contributed by atoms with Crippen LogP contribution in [0.2, 0.25) is 0 Å². The average molecular weight is 239 g/mol. The molecule has 0 aliphatic heterocycles. The maximum absolute atomic E-state index is 9.79. The zero-order chi connectivity index (χ0) is 12.4. The van der Waals surface area contributed by atoms with E-state index in [-0.39, 0.29) is 5.95 Å². The lowest BCUT2D eigenvalue weighted by molar-refractivity contribution is 0.335. The smallest absolute Gasteiger partial charge is 0.379 e. The van der Waals surface area contributed by atoms with Crippen molar-refractivity contribution in [3.8, 4) is 28.8 Å². The van der Waals surface area contributed by atoms with Crippen molar-refractivity contribution >= 4 is 0 Å². The van der Waals surface area contributed by atoms with Crippen LogP contribution in [0.4, 0.5) is 0 Å². The third kappa shape index (κ3) is 1.86. The van der Waals surface area contributed by atoms with Gasteiger partial charge in [0.05, 0.1) is 5.56 Å². The van der Waals surface area contributed by atoms with Gasteiger partial charge in [0.2, 0.25) is 0 Å². The molecular formula is C15H11O3+. The minimum absolute atomic E-state index is 0.208. The van der Waals surface area contributed by atoms with Crippen LogP contribution in [0, 0.1) is 0 Å². The highest BCUT2D eigenvalue weighted by Crippen LogP contribution is 2.36. The number of benzene rings is 2. The summed E-state index contributed by atoms with van der Waals surface area (Å²) in [4.78, 5) is 0. The molecule has 0 radical (unpaired) electrons. The highest BCUT2D eigenvalue weighted by molar-refractivity contribution is 5.64. The quantitative estimate of drug-likeness (QED) is 0.682. The van der Waals surface area contributed by atoms with Gasteiger partial charge < -0.3 is 9.52 Å². The molecular weight excluding hydrogens is 228 g/mol. The van der Waals surface area contributed by atoms with Crippen molar-refractivity contribution in [2.75, 3.05) is 0 Å². The molecule has 88 valence electrons. The minimum Gasteiger partial charge on any atom is -0.379 e. The van der Waals surface area contributed by atoms with Gasteiger partial charge in [-0.25, -0.2) is 0 Å². The van der Waals surface area contributed by atoms with Gasteiger partial charge in [-0.05, 0) is 24.3 Å². The molecule has 3 aromatic rings. The molecule has 3 nitrogen and oxygen atoms in total. The molecule has 0 bridgehead atoms. The topological polar surface area (TPSA) is 44.7 Å². The van der Waals surface area contributed by atoms with E-state index in [1.54, 1.807) is 0 Å². The molecule has 0 amide bonds. The summed E-state index contributed by atoms with van der Waals surface area (Å²) in [6.45, 7) is 0. The zero-order valence-corrected chi connectivity index (χ0v) is 9.54. The Labute approximate surface area is 104 Å². The summed E-state index contributed by atoms with van der Waals surface area (Å²) in [5.74, 6) is 0.432. The van der Waals surface area contributed by atoms with Crippen LogP contribution in [-0.4, -0.2) is 5.11 Å². The van der Waals surface area contributed by atoms with Crippen LogP contribution in [0.1, 0.15) is 0 Å². The predicted molar refractivity (Wildman–Crippen MR) is 67.9 cm³/mol. The number of hydrogen-bond donors (Lipinski definition) is 1. The molecule has 0 aliphatic rings. The molecule has 0 saturated heterocycles. The molecule has 0 spiro atoms. The van der Waals surface area contributed by atoms with Crippen molar-refractivity contribution in [2.45, 2.75) is 0 Å². The van der Waals surface area contributed by atoms with E-state index in [0.29, 0.717) is 11.7 Å². The molecule has 0 atom stereocenters. The van der Waals surface area contributed by atoms with Crippen LogP contribution in [0.3, 0.4) is 0 Å². The molecule has 0 fully saturated rings. The van der Waals surface area contributed by atoms with Crippen molar-refractivity contribution in [3.63, 3.8) is 0 Å². The molecule has 1 N–H and O–H groups in total. The molecule has 1 aromatic heterocycles. The van der Waals surface area contributed by atoms with Crippen molar-refractivity contribution in [2.24, 2.45) is 0 Å². The SMILES string of the molecule is Oc1[o+]c(-c2ccccc2)oc1-c1ccccc1. The van der Waals surface area contributed by atoms with E-state index in [9.17, 15) is 5.11 Å². The lowest BCUT2D eigenvalue weighted by Gasteiger charge is -1.88.